The molecule has 0 aliphatic carbocycles. The summed E-state index contributed by atoms with van der Waals surface area (Å²) in [6, 6.07) is 1.50. The van der Waals surface area contributed by atoms with Gasteiger partial charge in [-0.1, -0.05) is 11.6 Å². The first kappa shape index (κ1) is 19.3. The SMILES string of the molecule is COc1nc(C)nc(NC(=O)NS(=O)(=O)c2cc([N+](=O)[O-])ccc2Cl)n1. The Morgan fingerprint density at radius 3 is 2.62 bits per heavy atom. The van der Waals surface area contributed by atoms with E-state index in [1.54, 1.807) is 4.72 Å². The molecule has 0 saturated heterocycles. The average Bonchev–Trinajstić information content (AvgIpc) is 2.53. The number of carbonyl (C=O) groups is 1. The predicted molar refractivity (Wildman–Crippen MR) is 88.6 cm³/mol. The monoisotopic (exact) mass is 402 g/mol. The standard InChI is InChI=1S/C12H11ClN6O6S/c1-6-14-10(17-12(15-6)25-2)16-11(20)18-26(23,24)9-5-7(19(21)22)3-4-8(9)13/h3-5H,1-2H3,(H2,14,15,16,17,18,20). The van der Waals surface area contributed by atoms with Crippen LogP contribution in [0.2, 0.25) is 5.02 Å². The molecule has 2 N–H and O–H groups in total. The number of aromatic nitrogens is 3. The third kappa shape index (κ3) is 4.52. The molecule has 1 aromatic carbocycles. The van der Waals surface area contributed by atoms with Gasteiger partial charge in [-0.2, -0.15) is 15.0 Å². The van der Waals surface area contributed by atoms with Crippen LogP contribution in [-0.2, 0) is 10.0 Å². The molecular weight excluding hydrogens is 392 g/mol. The number of non-ortho nitro benzene ring substituents is 1. The maximum Gasteiger partial charge on any atom is 0.335 e. The van der Waals surface area contributed by atoms with Gasteiger partial charge in [0.05, 0.1) is 17.1 Å². The average molecular weight is 403 g/mol. The molecular formula is C12H11ClN6O6S. The first-order chi connectivity index (χ1) is 12.1. The van der Waals surface area contributed by atoms with Crippen LogP contribution >= 0.6 is 11.6 Å². The van der Waals surface area contributed by atoms with Gasteiger partial charge in [-0.15, -0.1) is 0 Å². The fourth-order valence-electron chi connectivity index (χ4n) is 1.72. The number of nitro benzene ring substituents is 1. The van der Waals surface area contributed by atoms with E-state index < -0.39 is 31.6 Å². The molecule has 0 bridgehead atoms. The van der Waals surface area contributed by atoms with Gasteiger partial charge in [0.25, 0.3) is 15.7 Å². The third-order valence-electron chi connectivity index (χ3n) is 2.78. The Balaban J connectivity index is 2.24. The van der Waals surface area contributed by atoms with Crippen molar-refractivity contribution in [2.45, 2.75) is 11.8 Å². The van der Waals surface area contributed by atoms with Crippen LogP contribution in [0.15, 0.2) is 23.1 Å². The number of methoxy groups -OCH3 is 1. The van der Waals surface area contributed by atoms with Crippen LogP contribution in [0.5, 0.6) is 6.01 Å². The number of aryl methyl sites for hydroxylation is 1. The minimum Gasteiger partial charge on any atom is -0.467 e. The number of carbonyl (C=O) groups excluding carboxylic acids is 1. The number of nitrogens with one attached hydrogen (secondary N) is 2. The number of hydrogen-bond acceptors (Lipinski definition) is 9. The van der Waals surface area contributed by atoms with Gasteiger partial charge in [-0.3, -0.25) is 15.4 Å². The van der Waals surface area contributed by atoms with Crippen LogP contribution < -0.4 is 14.8 Å². The van der Waals surface area contributed by atoms with Crippen molar-refractivity contribution in [3.8, 4) is 6.01 Å². The lowest BCUT2D eigenvalue weighted by atomic mass is 10.3. The zero-order chi connectivity index (χ0) is 19.5. The van der Waals surface area contributed by atoms with Crippen molar-refractivity contribution in [1.29, 1.82) is 0 Å². The molecule has 0 radical (unpaired) electrons. The fourth-order valence-corrected chi connectivity index (χ4v) is 3.15. The van der Waals surface area contributed by atoms with Crippen molar-refractivity contribution in [1.82, 2.24) is 19.7 Å². The summed E-state index contributed by atoms with van der Waals surface area (Å²) in [6.07, 6.45) is 0. The second-order valence-corrected chi connectivity index (χ2v) is 6.68. The molecule has 0 atom stereocenters. The Kier molecular flexibility index (Phi) is 5.52. The number of amides is 2. The maximum absolute atomic E-state index is 12.3. The van der Waals surface area contributed by atoms with Crippen molar-refractivity contribution < 1.29 is 22.9 Å². The highest BCUT2D eigenvalue weighted by atomic mass is 35.5. The van der Waals surface area contributed by atoms with Crippen molar-refractivity contribution in [2.24, 2.45) is 0 Å². The molecule has 2 amide bonds. The molecule has 0 aliphatic heterocycles. The predicted octanol–water partition coefficient (Wildman–Crippen LogP) is 1.26. The Morgan fingerprint density at radius 1 is 1.31 bits per heavy atom. The van der Waals surface area contributed by atoms with Gasteiger partial charge in [0.2, 0.25) is 5.95 Å². The summed E-state index contributed by atoms with van der Waals surface area (Å²) >= 11 is 5.77. The lowest BCUT2D eigenvalue weighted by molar-refractivity contribution is -0.385. The number of sulfonamides is 1. The van der Waals surface area contributed by atoms with Crippen LogP contribution in [0.3, 0.4) is 0 Å². The highest BCUT2D eigenvalue weighted by Gasteiger charge is 2.24. The quantitative estimate of drug-likeness (QED) is 0.552. The molecule has 26 heavy (non-hydrogen) atoms. The Labute approximate surface area is 151 Å². The first-order valence-electron chi connectivity index (χ1n) is 6.67. The summed E-state index contributed by atoms with van der Waals surface area (Å²) in [5.41, 5.74) is -0.506. The summed E-state index contributed by atoms with van der Waals surface area (Å²) in [4.78, 5) is 32.6. The van der Waals surface area contributed by atoms with E-state index in [1.165, 1.54) is 14.0 Å². The van der Waals surface area contributed by atoms with Crippen molar-refractivity contribution >= 4 is 39.3 Å². The molecule has 0 saturated carbocycles. The summed E-state index contributed by atoms with van der Waals surface area (Å²) in [7, 11) is -3.19. The molecule has 14 heteroatoms. The minimum absolute atomic E-state index is 0.0858. The lowest BCUT2D eigenvalue weighted by Gasteiger charge is -2.09. The van der Waals surface area contributed by atoms with E-state index in [0.717, 1.165) is 18.2 Å². The second kappa shape index (κ2) is 7.45. The highest BCUT2D eigenvalue weighted by Crippen LogP contribution is 2.26. The van der Waals surface area contributed by atoms with Crippen LogP contribution in [0.4, 0.5) is 16.4 Å². The molecule has 1 heterocycles. The van der Waals surface area contributed by atoms with Gasteiger partial charge in [0.15, 0.2) is 0 Å². The lowest BCUT2D eigenvalue weighted by Crippen LogP contribution is -2.35. The van der Waals surface area contributed by atoms with Gasteiger partial charge in [0.1, 0.15) is 10.7 Å². The Morgan fingerprint density at radius 2 is 2.00 bits per heavy atom. The Hall–Kier alpha value is -3.06. The molecule has 2 rings (SSSR count). The smallest absolute Gasteiger partial charge is 0.335 e. The van der Waals surface area contributed by atoms with E-state index in [0.29, 0.717) is 0 Å². The minimum atomic E-state index is -4.49. The van der Waals surface area contributed by atoms with E-state index in [9.17, 15) is 23.3 Å². The summed E-state index contributed by atoms with van der Waals surface area (Å²) in [5.74, 6) is -0.0380. The third-order valence-corrected chi connectivity index (χ3v) is 4.59. The number of anilines is 1. The molecule has 0 fully saturated rings. The number of benzene rings is 1. The van der Waals surface area contributed by atoms with Gasteiger partial charge in [0, 0.05) is 12.1 Å². The van der Waals surface area contributed by atoms with Crippen LogP contribution in [-0.4, -0.2) is 41.4 Å². The first-order valence-corrected chi connectivity index (χ1v) is 8.53. The molecule has 0 spiro atoms. The summed E-state index contributed by atoms with van der Waals surface area (Å²) in [6.45, 7) is 1.51. The number of nitrogens with zero attached hydrogens (tertiary/aromatic N) is 4. The molecule has 138 valence electrons. The van der Waals surface area contributed by atoms with E-state index in [-0.39, 0.29) is 22.8 Å². The highest BCUT2D eigenvalue weighted by molar-refractivity contribution is 7.90. The maximum atomic E-state index is 12.3. The van der Waals surface area contributed by atoms with Crippen LogP contribution in [0.25, 0.3) is 0 Å². The van der Waals surface area contributed by atoms with Gasteiger partial charge < -0.3 is 4.74 Å². The fraction of sp³-hybridized carbons (Fsp3) is 0.167. The normalized spacial score (nSPS) is 10.9. The molecule has 2 aromatic rings. The van der Waals surface area contributed by atoms with Crippen LogP contribution in [0, 0.1) is 17.0 Å². The van der Waals surface area contributed by atoms with Gasteiger partial charge in [-0.25, -0.2) is 17.9 Å². The van der Waals surface area contributed by atoms with E-state index >= 15 is 0 Å². The number of rotatable bonds is 5. The molecule has 1 aromatic heterocycles. The summed E-state index contributed by atoms with van der Waals surface area (Å²) < 4.78 is 31.0. The van der Waals surface area contributed by atoms with Crippen molar-refractivity contribution in [3.05, 3.63) is 39.2 Å². The van der Waals surface area contributed by atoms with Crippen molar-refractivity contribution in [2.75, 3.05) is 12.4 Å². The van der Waals surface area contributed by atoms with E-state index in [1.807, 2.05) is 0 Å². The molecule has 0 aliphatic rings. The van der Waals surface area contributed by atoms with Gasteiger partial charge in [-0.05, 0) is 13.0 Å². The zero-order valence-electron chi connectivity index (χ0n) is 13.3. The van der Waals surface area contributed by atoms with Crippen molar-refractivity contribution in [3.63, 3.8) is 0 Å². The number of hydrogen-bond donors (Lipinski definition) is 2. The topological polar surface area (TPSA) is 166 Å². The largest absolute Gasteiger partial charge is 0.467 e. The van der Waals surface area contributed by atoms with Gasteiger partial charge >= 0.3 is 12.0 Å². The number of halogens is 1. The Bertz CT molecular complexity index is 982. The molecule has 0 unspecified atom stereocenters. The number of urea groups is 1. The summed E-state index contributed by atoms with van der Waals surface area (Å²) in [5, 5.41) is 12.6. The second-order valence-electron chi connectivity index (χ2n) is 4.62. The van der Waals surface area contributed by atoms with E-state index in [4.69, 9.17) is 16.3 Å². The molecule has 12 nitrogen and oxygen atoms in total. The van der Waals surface area contributed by atoms with E-state index in [2.05, 4.69) is 20.3 Å². The van der Waals surface area contributed by atoms with Crippen LogP contribution in [0.1, 0.15) is 5.82 Å². The number of nitro groups is 1. The number of ether oxygens (including phenoxy) is 1. The zero-order valence-corrected chi connectivity index (χ0v) is 14.8.